The monoisotopic (exact) mass is 250 g/mol. The molecular formula is C11H23ClN2O2. The molecule has 0 amide bonds. The van der Waals surface area contributed by atoms with E-state index in [0.717, 1.165) is 59.0 Å². The van der Waals surface area contributed by atoms with Gasteiger partial charge >= 0.3 is 0 Å². The minimum Gasteiger partial charge on any atom is -0.380 e. The summed E-state index contributed by atoms with van der Waals surface area (Å²) in [5.74, 6) is 0.588. The van der Waals surface area contributed by atoms with Gasteiger partial charge in [0.25, 0.3) is 0 Å². The molecule has 16 heavy (non-hydrogen) atoms. The summed E-state index contributed by atoms with van der Waals surface area (Å²) in [4.78, 5) is 2.43. The zero-order valence-corrected chi connectivity index (χ0v) is 10.7. The van der Waals surface area contributed by atoms with Gasteiger partial charge in [-0.05, 0) is 13.0 Å². The molecule has 0 aromatic carbocycles. The van der Waals surface area contributed by atoms with Crippen molar-refractivity contribution in [2.24, 2.45) is 0 Å². The lowest BCUT2D eigenvalue weighted by Gasteiger charge is -2.26. The lowest BCUT2D eigenvalue weighted by Crippen LogP contribution is -2.40. The molecule has 1 N–H and O–H groups in total. The number of halogens is 1. The summed E-state index contributed by atoms with van der Waals surface area (Å²) in [6.07, 6.45) is 1.06. The van der Waals surface area contributed by atoms with Crippen LogP contribution in [-0.2, 0) is 9.47 Å². The van der Waals surface area contributed by atoms with Crippen molar-refractivity contribution in [1.82, 2.24) is 10.2 Å². The topological polar surface area (TPSA) is 33.7 Å². The predicted molar refractivity (Wildman–Crippen MR) is 66.3 cm³/mol. The average molecular weight is 251 g/mol. The Balaban J connectivity index is 1.77. The molecule has 0 aliphatic carbocycles. The highest BCUT2D eigenvalue weighted by atomic mass is 35.5. The standard InChI is InChI=1S/C11H23ClN2O2/c12-2-9-15-8-1-3-13-4-5-14-6-10-16-11-7-14/h13H,1-11H2. The average Bonchev–Trinajstić information content (AvgIpc) is 2.34. The van der Waals surface area contributed by atoms with Gasteiger partial charge in [-0.2, -0.15) is 0 Å². The fourth-order valence-corrected chi connectivity index (χ4v) is 1.75. The van der Waals surface area contributed by atoms with Crippen molar-refractivity contribution < 1.29 is 9.47 Å². The number of ether oxygens (including phenoxy) is 2. The summed E-state index contributed by atoms with van der Waals surface area (Å²) < 4.78 is 10.6. The van der Waals surface area contributed by atoms with Crippen LogP contribution in [0.25, 0.3) is 0 Å². The quantitative estimate of drug-likeness (QED) is 0.479. The van der Waals surface area contributed by atoms with E-state index in [4.69, 9.17) is 21.1 Å². The molecule has 0 saturated carbocycles. The first-order valence-corrected chi connectivity index (χ1v) is 6.61. The van der Waals surface area contributed by atoms with Crippen LogP contribution in [0, 0.1) is 0 Å². The van der Waals surface area contributed by atoms with Crippen LogP contribution in [0.1, 0.15) is 6.42 Å². The number of rotatable bonds is 9. The van der Waals surface area contributed by atoms with Gasteiger partial charge in [-0.15, -0.1) is 11.6 Å². The van der Waals surface area contributed by atoms with Gasteiger partial charge in [-0.1, -0.05) is 0 Å². The van der Waals surface area contributed by atoms with E-state index in [9.17, 15) is 0 Å². The summed E-state index contributed by atoms with van der Waals surface area (Å²) in [6.45, 7) is 8.56. The van der Waals surface area contributed by atoms with E-state index in [1.807, 2.05) is 0 Å². The van der Waals surface area contributed by atoms with E-state index in [1.165, 1.54) is 0 Å². The third-order valence-corrected chi connectivity index (χ3v) is 2.73. The van der Waals surface area contributed by atoms with Crippen LogP contribution in [0.3, 0.4) is 0 Å². The molecule has 96 valence electrons. The molecular weight excluding hydrogens is 228 g/mol. The number of nitrogens with zero attached hydrogens (tertiary/aromatic N) is 1. The molecule has 1 aliphatic rings. The minimum atomic E-state index is 0.588. The van der Waals surface area contributed by atoms with Gasteiger partial charge in [-0.25, -0.2) is 0 Å². The Kier molecular flexibility index (Phi) is 9.13. The smallest absolute Gasteiger partial charge is 0.0601 e. The largest absolute Gasteiger partial charge is 0.380 e. The highest BCUT2D eigenvalue weighted by molar-refractivity contribution is 6.17. The Hall–Kier alpha value is 0.130. The molecule has 0 atom stereocenters. The first kappa shape index (κ1) is 14.2. The van der Waals surface area contributed by atoms with Crippen molar-refractivity contribution in [1.29, 1.82) is 0 Å². The van der Waals surface area contributed by atoms with Crippen LogP contribution in [0.5, 0.6) is 0 Å². The van der Waals surface area contributed by atoms with Crippen LogP contribution >= 0.6 is 11.6 Å². The summed E-state index contributed by atoms with van der Waals surface area (Å²) in [7, 11) is 0. The Morgan fingerprint density at radius 1 is 1.19 bits per heavy atom. The molecule has 1 aliphatic heterocycles. The first-order chi connectivity index (χ1) is 7.93. The van der Waals surface area contributed by atoms with E-state index >= 15 is 0 Å². The van der Waals surface area contributed by atoms with Crippen LogP contribution < -0.4 is 5.32 Å². The van der Waals surface area contributed by atoms with Crippen molar-refractivity contribution in [2.45, 2.75) is 6.42 Å². The third-order valence-electron chi connectivity index (χ3n) is 2.57. The van der Waals surface area contributed by atoms with Crippen molar-refractivity contribution in [3.05, 3.63) is 0 Å². The molecule has 4 nitrogen and oxygen atoms in total. The van der Waals surface area contributed by atoms with Gasteiger partial charge in [-0.3, -0.25) is 4.90 Å². The second-order valence-corrected chi connectivity index (χ2v) is 4.24. The molecule has 5 heteroatoms. The number of nitrogens with one attached hydrogen (secondary N) is 1. The molecule has 0 radical (unpaired) electrons. The summed E-state index contributed by atoms with van der Waals surface area (Å²) in [6, 6.07) is 0. The highest BCUT2D eigenvalue weighted by Crippen LogP contribution is 1.94. The Morgan fingerprint density at radius 3 is 2.75 bits per heavy atom. The molecule has 1 fully saturated rings. The van der Waals surface area contributed by atoms with E-state index < -0.39 is 0 Å². The third kappa shape index (κ3) is 7.41. The Labute approximate surface area is 103 Å². The first-order valence-electron chi connectivity index (χ1n) is 6.08. The van der Waals surface area contributed by atoms with Crippen molar-refractivity contribution >= 4 is 11.6 Å². The summed E-state index contributed by atoms with van der Waals surface area (Å²) in [5.41, 5.74) is 0. The van der Waals surface area contributed by atoms with Gasteiger partial charge in [0, 0.05) is 38.7 Å². The van der Waals surface area contributed by atoms with E-state index in [0.29, 0.717) is 12.5 Å². The molecule has 0 bridgehead atoms. The predicted octanol–water partition coefficient (Wildman–Crippen LogP) is 0.554. The maximum atomic E-state index is 5.49. The molecule has 0 spiro atoms. The fraction of sp³-hybridized carbons (Fsp3) is 1.00. The number of hydrogen-bond donors (Lipinski definition) is 1. The van der Waals surface area contributed by atoms with Crippen molar-refractivity contribution in [3.63, 3.8) is 0 Å². The summed E-state index contributed by atoms with van der Waals surface area (Å²) in [5, 5.41) is 3.41. The lowest BCUT2D eigenvalue weighted by molar-refractivity contribution is 0.0384. The maximum absolute atomic E-state index is 5.49. The van der Waals surface area contributed by atoms with Gasteiger partial charge < -0.3 is 14.8 Å². The van der Waals surface area contributed by atoms with Crippen molar-refractivity contribution in [3.8, 4) is 0 Å². The van der Waals surface area contributed by atoms with Crippen molar-refractivity contribution in [2.75, 3.05) is 65.0 Å². The maximum Gasteiger partial charge on any atom is 0.0601 e. The molecule has 0 aromatic rings. The fourth-order valence-electron chi connectivity index (χ4n) is 1.64. The highest BCUT2D eigenvalue weighted by Gasteiger charge is 2.08. The number of morpholine rings is 1. The zero-order chi connectivity index (χ0) is 11.5. The molecule has 1 rings (SSSR count). The minimum absolute atomic E-state index is 0.588. The summed E-state index contributed by atoms with van der Waals surface area (Å²) >= 11 is 5.49. The van der Waals surface area contributed by atoms with Gasteiger partial charge in [0.05, 0.1) is 19.8 Å². The second kappa shape index (κ2) is 10.3. The molecule has 0 aromatic heterocycles. The van der Waals surface area contributed by atoms with Crippen LogP contribution in [0.4, 0.5) is 0 Å². The second-order valence-electron chi connectivity index (χ2n) is 3.86. The SMILES string of the molecule is ClCCOCCCNCCN1CCOCC1. The van der Waals surface area contributed by atoms with Crippen LogP contribution in [0.2, 0.25) is 0 Å². The van der Waals surface area contributed by atoms with Crippen LogP contribution in [-0.4, -0.2) is 69.9 Å². The Morgan fingerprint density at radius 2 is 2.00 bits per heavy atom. The normalized spacial score (nSPS) is 17.8. The zero-order valence-electron chi connectivity index (χ0n) is 9.92. The van der Waals surface area contributed by atoms with E-state index in [1.54, 1.807) is 0 Å². The van der Waals surface area contributed by atoms with Gasteiger partial charge in [0.15, 0.2) is 0 Å². The van der Waals surface area contributed by atoms with Gasteiger partial charge in [0.2, 0.25) is 0 Å². The van der Waals surface area contributed by atoms with E-state index in [-0.39, 0.29) is 0 Å². The number of hydrogen-bond acceptors (Lipinski definition) is 4. The lowest BCUT2D eigenvalue weighted by atomic mass is 10.4. The van der Waals surface area contributed by atoms with Gasteiger partial charge in [0.1, 0.15) is 0 Å². The molecule has 1 saturated heterocycles. The molecule has 0 unspecified atom stereocenters. The Bertz CT molecular complexity index is 155. The van der Waals surface area contributed by atoms with E-state index in [2.05, 4.69) is 10.2 Å². The number of alkyl halides is 1. The molecule has 1 heterocycles. The van der Waals surface area contributed by atoms with Crippen LogP contribution in [0.15, 0.2) is 0 Å².